The summed E-state index contributed by atoms with van der Waals surface area (Å²) in [5, 5.41) is 13.8. The van der Waals surface area contributed by atoms with Gasteiger partial charge in [0, 0.05) is 23.7 Å². The number of nitrogens with zero attached hydrogens (tertiary/aromatic N) is 3. The third kappa shape index (κ3) is 3.95. The fourth-order valence-electron chi connectivity index (χ4n) is 2.59. The predicted octanol–water partition coefficient (Wildman–Crippen LogP) is 2.01. The fourth-order valence-corrected chi connectivity index (χ4v) is 2.59. The van der Waals surface area contributed by atoms with Crippen molar-refractivity contribution in [1.29, 1.82) is 0 Å². The van der Waals surface area contributed by atoms with Crippen LogP contribution in [0.25, 0.3) is 22.2 Å². The van der Waals surface area contributed by atoms with Gasteiger partial charge in [0.2, 0.25) is 0 Å². The van der Waals surface area contributed by atoms with Gasteiger partial charge in [0.1, 0.15) is 11.3 Å². The van der Waals surface area contributed by atoms with E-state index in [1.807, 2.05) is 32.3 Å². The molecule has 130 valence electrons. The minimum Gasteiger partial charge on any atom is -0.506 e. The first-order valence-corrected chi connectivity index (χ1v) is 8.10. The van der Waals surface area contributed by atoms with E-state index in [9.17, 15) is 9.90 Å². The molecular weight excluding hydrogens is 318 g/mol. The zero-order valence-corrected chi connectivity index (χ0v) is 14.3. The van der Waals surface area contributed by atoms with Crippen molar-refractivity contribution in [2.24, 2.45) is 0 Å². The van der Waals surface area contributed by atoms with Gasteiger partial charge in [0.05, 0.1) is 11.9 Å². The van der Waals surface area contributed by atoms with Gasteiger partial charge in [0.25, 0.3) is 5.91 Å². The summed E-state index contributed by atoms with van der Waals surface area (Å²) in [7, 11) is 3.99. The molecule has 0 bridgehead atoms. The van der Waals surface area contributed by atoms with Crippen LogP contribution in [0.3, 0.4) is 0 Å². The van der Waals surface area contributed by atoms with Crippen LogP contribution in [0.15, 0.2) is 36.7 Å². The summed E-state index contributed by atoms with van der Waals surface area (Å²) in [5.41, 5.74) is 1.96. The average molecular weight is 339 g/mol. The number of imidazole rings is 1. The van der Waals surface area contributed by atoms with Crippen molar-refractivity contribution >= 4 is 16.8 Å². The Morgan fingerprint density at radius 1 is 1.32 bits per heavy atom. The number of hydrogen-bond acceptors (Lipinski definition) is 5. The van der Waals surface area contributed by atoms with Gasteiger partial charge in [-0.25, -0.2) is 4.98 Å². The van der Waals surface area contributed by atoms with Crippen LogP contribution in [-0.2, 0) is 0 Å². The first-order valence-electron chi connectivity index (χ1n) is 8.10. The zero-order chi connectivity index (χ0) is 17.8. The average Bonchev–Trinajstić information content (AvgIpc) is 3.08. The summed E-state index contributed by atoms with van der Waals surface area (Å²) >= 11 is 0. The summed E-state index contributed by atoms with van der Waals surface area (Å²) in [6.07, 6.45) is 4.10. The van der Waals surface area contributed by atoms with Crippen LogP contribution in [0.4, 0.5) is 0 Å². The highest BCUT2D eigenvalue weighted by Gasteiger charge is 2.12. The molecule has 2 aromatic heterocycles. The minimum atomic E-state index is -0.239. The Labute approximate surface area is 145 Å². The number of phenolic OH excluding ortho intramolecular Hbond substituents is 1. The molecule has 0 radical (unpaired) electrons. The van der Waals surface area contributed by atoms with Crippen molar-refractivity contribution < 1.29 is 9.90 Å². The van der Waals surface area contributed by atoms with Gasteiger partial charge in [-0.1, -0.05) is 6.07 Å². The Bertz CT molecular complexity index is 888. The molecule has 3 N–H and O–H groups in total. The van der Waals surface area contributed by atoms with Gasteiger partial charge in [-0.05, 0) is 45.3 Å². The van der Waals surface area contributed by atoms with Gasteiger partial charge < -0.3 is 20.3 Å². The molecule has 25 heavy (non-hydrogen) atoms. The number of benzene rings is 1. The lowest BCUT2D eigenvalue weighted by molar-refractivity contribution is 0.0943. The summed E-state index contributed by atoms with van der Waals surface area (Å²) in [5.74, 6) is 0.111. The standard InChI is InChI=1S/C18H21N5O2/c1-23(2)8-4-7-20-18(25)17-21-11-14(22-17)13-9-12-5-3-6-19-16(12)15(24)10-13/h3,5-6,9-11,24H,4,7-8H2,1-2H3,(H,20,25)(H,21,22). The normalized spacial score (nSPS) is 11.2. The third-order valence-electron chi connectivity index (χ3n) is 3.85. The van der Waals surface area contributed by atoms with Crippen molar-refractivity contribution in [3.05, 3.63) is 42.5 Å². The largest absolute Gasteiger partial charge is 0.506 e. The number of H-pyrrole nitrogens is 1. The van der Waals surface area contributed by atoms with Crippen molar-refractivity contribution in [1.82, 2.24) is 25.2 Å². The Morgan fingerprint density at radius 2 is 2.16 bits per heavy atom. The molecule has 0 unspecified atom stereocenters. The van der Waals surface area contributed by atoms with E-state index in [0.29, 0.717) is 17.8 Å². The van der Waals surface area contributed by atoms with Crippen LogP contribution in [0.5, 0.6) is 5.75 Å². The smallest absolute Gasteiger partial charge is 0.287 e. The lowest BCUT2D eigenvalue weighted by Gasteiger charge is -2.09. The molecule has 0 saturated carbocycles. The van der Waals surface area contributed by atoms with Crippen molar-refractivity contribution in [2.45, 2.75) is 6.42 Å². The van der Waals surface area contributed by atoms with Gasteiger partial charge in [-0.15, -0.1) is 0 Å². The van der Waals surface area contributed by atoms with Gasteiger partial charge in [-0.2, -0.15) is 0 Å². The molecule has 0 aliphatic rings. The van der Waals surface area contributed by atoms with Crippen LogP contribution < -0.4 is 5.32 Å². The number of aromatic nitrogens is 3. The number of amides is 1. The maximum atomic E-state index is 12.1. The van der Waals surface area contributed by atoms with E-state index >= 15 is 0 Å². The summed E-state index contributed by atoms with van der Waals surface area (Å²) in [6.45, 7) is 1.50. The Hall–Kier alpha value is -2.93. The molecule has 2 heterocycles. The number of carbonyl (C=O) groups is 1. The fraction of sp³-hybridized carbons (Fsp3) is 0.278. The number of phenols is 1. The lowest BCUT2D eigenvalue weighted by Crippen LogP contribution is -2.27. The van der Waals surface area contributed by atoms with Crippen molar-refractivity contribution in [3.8, 4) is 17.0 Å². The molecule has 0 aliphatic heterocycles. The maximum Gasteiger partial charge on any atom is 0.287 e. The number of aromatic amines is 1. The number of pyridine rings is 1. The summed E-state index contributed by atoms with van der Waals surface area (Å²) < 4.78 is 0. The number of hydrogen-bond donors (Lipinski definition) is 3. The van der Waals surface area contributed by atoms with Crippen LogP contribution in [-0.4, -0.2) is 58.1 Å². The predicted molar refractivity (Wildman–Crippen MR) is 96.5 cm³/mol. The molecule has 7 nitrogen and oxygen atoms in total. The van der Waals surface area contributed by atoms with Gasteiger partial charge >= 0.3 is 0 Å². The molecule has 3 aromatic rings. The van der Waals surface area contributed by atoms with E-state index in [-0.39, 0.29) is 17.5 Å². The molecule has 0 aliphatic carbocycles. The third-order valence-corrected chi connectivity index (χ3v) is 3.85. The molecule has 0 spiro atoms. The topological polar surface area (TPSA) is 94.1 Å². The Morgan fingerprint density at radius 3 is 2.96 bits per heavy atom. The highest BCUT2D eigenvalue weighted by Crippen LogP contribution is 2.29. The van der Waals surface area contributed by atoms with E-state index in [1.54, 1.807) is 18.5 Å². The summed E-state index contributed by atoms with van der Waals surface area (Å²) in [4.78, 5) is 25.5. The molecule has 1 aromatic carbocycles. The van der Waals surface area contributed by atoms with Gasteiger partial charge in [0.15, 0.2) is 5.82 Å². The van der Waals surface area contributed by atoms with E-state index < -0.39 is 0 Å². The van der Waals surface area contributed by atoms with Crippen molar-refractivity contribution in [2.75, 3.05) is 27.2 Å². The second kappa shape index (κ2) is 7.31. The molecular formula is C18H21N5O2. The van der Waals surface area contributed by atoms with Crippen molar-refractivity contribution in [3.63, 3.8) is 0 Å². The van der Waals surface area contributed by atoms with Crippen LogP contribution >= 0.6 is 0 Å². The second-order valence-electron chi connectivity index (χ2n) is 6.13. The highest BCUT2D eigenvalue weighted by molar-refractivity contribution is 5.92. The van der Waals surface area contributed by atoms with E-state index in [1.165, 1.54) is 0 Å². The van der Waals surface area contributed by atoms with E-state index in [4.69, 9.17) is 0 Å². The minimum absolute atomic E-state index is 0.0948. The lowest BCUT2D eigenvalue weighted by atomic mass is 10.1. The van der Waals surface area contributed by atoms with Gasteiger partial charge in [-0.3, -0.25) is 9.78 Å². The van der Waals surface area contributed by atoms with Crippen LogP contribution in [0.1, 0.15) is 17.0 Å². The number of carbonyl (C=O) groups excluding carboxylic acids is 1. The maximum absolute atomic E-state index is 12.1. The molecule has 0 saturated heterocycles. The second-order valence-corrected chi connectivity index (χ2v) is 6.13. The highest BCUT2D eigenvalue weighted by atomic mass is 16.3. The van der Waals surface area contributed by atoms with E-state index in [0.717, 1.165) is 23.9 Å². The number of aromatic hydroxyl groups is 1. The van der Waals surface area contributed by atoms with E-state index in [2.05, 4.69) is 25.2 Å². The molecule has 7 heteroatoms. The molecule has 0 fully saturated rings. The summed E-state index contributed by atoms with van der Waals surface area (Å²) in [6, 6.07) is 7.20. The Kier molecular flexibility index (Phi) is 4.95. The number of rotatable bonds is 6. The van der Waals surface area contributed by atoms with Crippen LogP contribution in [0, 0.1) is 0 Å². The monoisotopic (exact) mass is 339 g/mol. The number of fused-ring (bicyclic) bond motifs is 1. The molecule has 0 atom stereocenters. The Balaban J connectivity index is 1.74. The molecule has 1 amide bonds. The quantitative estimate of drug-likeness (QED) is 0.597. The van der Waals surface area contributed by atoms with Crippen LogP contribution in [0.2, 0.25) is 0 Å². The first-order chi connectivity index (χ1) is 12.0. The molecule has 3 rings (SSSR count). The SMILES string of the molecule is CN(C)CCCNC(=O)c1ncc(-c2cc(O)c3ncccc3c2)[nH]1. The number of nitrogens with one attached hydrogen (secondary N) is 2. The zero-order valence-electron chi connectivity index (χ0n) is 14.3. The first kappa shape index (κ1) is 16.9.